The summed E-state index contributed by atoms with van der Waals surface area (Å²) in [5.74, 6) is 0.159. The predicted molar refractivity (Wildman–Crippen MR) is 122 cm³/mol. The van der Waals surface area contributed by atoms with Gasteiger partial charge in [0.1, 0.15) is 10.9 Å². The van der Waals surface area contributed by atoms with E-state index in [2.05, 4.69) is 9.97 Å². The van der Waals surface area contributed by atoms with Gasteiger partial charge in [-0.3, -0.25) is 4.79 Å². The first-order valence-corrected chi connectivity index (χ1v) is 12.1. The van der Waals surface area contributed by atoms with Crippen LogP contribution in [0.1, 0.15) is 15.9 Å². The van der Waals surface area contributed by atoms with Gasteiger partial charge in [-0.2, -0.15) is 5.26 Å². The summed E-state index contributed by atoms with van der Waals surface area (Å²) in [5, 5.41) is 9.22. The van der Waals surface area contributed by atoms with Crippen molar-refractivity contribution in [2.45, 2.75) is 14.9 Å². The number of nitriles is 1. The number of H-pyrrole nitrogens is 1. The Labute approximate surface area is 189 Å². The topological polar surface area (TPSA) is 104 Å². The lowest BCUT2D eigenvalue weighted by atomic mass is 10.1. The van der Waals surface area contributed by atoms with Gasteiger partial charge in [-0.15, -0.1) is 0 Å². The van der Waals surface area contributed by atoms with E-state index in [1.807, 2.05) is 36.4 Å². The molecule has 1 N–H and O–H groups in total. The number of nitrogens with zero attached hydrogens (tertiary/aromatic N) is 2. The fraction of sp³-hybridized carbons (Fsp3) is 0.0417. The van der Waals surface area contributed by atoms with Crippen molar-refractivity contribution in [3.8, 4) is 17.5 Å². The van der Waals surface area contributed by atoms with Gasteiger partial charge in [-0.1, -0.05) is 72.4 Å². The molecule has 0 aliphatic rings. The zero-order valence-corrected chi connectivity index (χ0v) is 18.4. The summed E-state index contributed by atoms with van der Waals surface area (Å²) in [7, 11) is -3.87. The molecule has 0 bridgehead atoms. The fourth-order valence-electron chi connectivity index (χ4n) is 3.05. The lowest BCUT2D eigenvalue weighted by Gasteiger charge is -2.05. The number of carbonyl (C=O) groups is 1. The zero-order valence-electron chi connectivity index (χ0n) is 16.7. The molecule has 0 saturated heterocycles. The van der Waals surface area contributed by atoms with E-state index >= 15 is 0 Å². The zero-order chi connectivity index (χ0) is 22.6. The molecule has 0 amide bonds. The molecule has 6 nitrogen and oxygen atoms in total. The Morgan fingerprint density at radius 3 is 2.34 bits per heavy atom. The average Bonchev–Trinajstić information content (AvgIpc) is 3.29. The molecule has 0 aliphatic carbocycles. The molecule has 0 aliphatic heterocycles. The van der Waals surface area contributed by atoms with Crippen LogP contribution in [0.4, 0.5) is 0 Å². The number of carbonyl (C=O) groups excluding carboxylic acids is 1. The maximum Gasteiger partial charge on any atom is 0.224 e. The van der Waals surface area contributed by atoms with Crippen molar-refractivity contribution in [2.75, 3.05) is 5.75 Å². The monoisotopic (exact) mass is 459 g/mol. The molecule has 4 aromatic rings. The minimum absolute atomic E-state index is 0.0225. The van der Waals surface area contributed by atoms with Crippen LogP contribution in [0.15, 0.2) is 99.9 Å². The van der Waals surface area contributed by atoms with Gasteiger partial charge >= 0.3 is 0 Å². The lowest BCUT2D eigenvalue weighted by molar-refractivity contribution is 0.102. The summed E-state index contributed by atoms with van der Waals surface area (Å²) in [4.78, 5) is 20.3. The maximum absolute atomic E-state index is 13.3. The molecule has 0 atom stereocenters. The van der Waals surface area contributed by atoms with Gasteiger partial charge in [-0.25, -0.2) is 13.4 Å². The fourth-order valence-corrected chi connectivity index (χ4v) is 5.59. The molecule has 3 aromatic carbocycles. The Morgan fingerprint density at radius 2 is 1.66 bits per heavy atom. The number of thioether (sulfide) groups is 1. The standard InChI is InChI=1S/C24H17N3O3S2/c25-15-17-8-7-11-19(14-17)21(28)16-31-23-24(32(29,30)20-12-5-2-6-13-20)27-22(26-23)18-9-3-1-4-10-18/h1-14H,16H2,(H,26,27). The first-order chi connectivity index (χ1) is 15.5. The van der Waals surface area contributed by atoms with Crippen molar-refractivity contribution < 1.29 is 13.2 Å². The Kier molecular flexibility index (Phi) is 6.21. The van der Waals surface area contributed by atoms with E-state index in [1.54, 1.807) is 36.4 Å². The van der Waals surface area contributed by atoms with E-state index < -0.39 is 9.84 Å². The first kappa shape index (κ1) is 21.6. The molecule has 1 aromatic heterocycles. The summed E-state index contributed by atoms with van der Waals surface area (Å²) < 4.78 is 26.6. The number of hydrogen-bond acceptors (Lipinski definition) is 6. The molecular weight excluding hydrogens is 442 g/mol. The minimum atomic E-state index is -3.87. The Morgan fingerprint density at radius 1 is 0.969 bits per heavy atom. The van der Waals surface area contributed by atoms with Crippen molar-refractivity contribution in [2.24, 2.45) is 0 Å². The van der Waals surface area contributed by atoms with Gasteiger partial charge < -0.3 is 4.98 Å². The minimum Gasteiger partial charge on any atom is -0.328 e. The smallest absolute Gasteiger partial charge is 0.224 e. The van der Waals surface area contributed by atoms with E-state index in [0.29, 0.717) is 17.0 Å². The molecule has 0 spiro atoms. The second-order valence-corrected chi connectivity index (χ2v) is 9.66. The van der Waals surface area contributed by atoms with Crippen molar-refractivity contribution in [3.05, 3.63) is 96.1 Å². The molecular formula is C24H17N3O3S2. The van der Waals surface area contributed by atoms with Crippen LogP contribution in [-0.4, -0.2) is 29.9 Å². The van der Waals surface area contributed by atoms with Crippen molar-refractivity contribution in [1.82, 2.24) is 9.97 Å². The molecule has 0 radical (unpaired) electrons. The number of nitrogens with one attached hydrogen (secondary N) is 1. The molecule has 0 unspecified atom stereocenters. The van der Waals surface area contributed by atoms with Crippen LogP contribution in [0, 0.1) is 11.3 Å². The molecule has 0 fully saturated rings. The molecule has 8 heteroatoms. The number of sulfone groups is 1. The molecule has 4 rings (SSSR count). The van der Waals surface area contributed by atoms with Crippen LogP contribution in [-0.2, 0) is 9.84 Å². The Balaban J connectivity index is 1.69. The molecule has 1 heterocycles. The lowest BCUT2D eigenvalue weighted by Crippen LogP contribution is -2.06. The number of benzene rings is 3. The molecule has 32 heavy (non-hydrogen) atoms. The van der Waals surface area contributed by atoms with Gasteiger partial charge in [0.15, 0.2) is 10.8 Å². The van der Waals surface area contributed by atoms with Crippen molar-refractivity contribution >= 4 is 27.4 Å². The SMILES string of the molecule is N#Cc1cccc(C(=O)CSc2nc(-c3ccccc3)[nH]c2S(=O)(=O)c2ccccc2)c1. The molecule has 0 saturated carbocycles. The third-order valence-electron chi connectivity index (χ3n) is 4.66. The van der Waals surface area contributed by atoms with E-state index in [1.165, 1.54) is 18.2 Å². The highest BCUT2D eigenvalue weighted by Crippen LogP contribution is 2.32. The van der Waals surface area contributed by atoms with Crippen LogP contribution < -0.4 is 0 Å². The van der Waals surface area contributed by atoms with Crippen LogP contribution in [0.25, 0.3) is 11.4 Å². The van der Waals surface area contributed by atoms with Gasteiger partial charge in [-0.05, 0) is 24.3 Å². The van der Waals surface area contributed by atoms with Crippen LogP contribution in [0.5, 0.6) is 0 Å². The van der Waals surface area contributed by atoms with E-state index in [4.69, 9.17) is 5.26 Å². The predicted octanol–water partition coefficient (Wildman–Crippen LogP) is 4.76. The van der Waals surface area contributed by atoms with Gasteiger partial charge in [0, 0.05) is 11.1 Å². The third kappa shape index (κ3) is 4.49. The van der Waals surface area contributed by atoms with Gasteiger partial charge in [0.2, 0.25) is 9.84 Å². The van der Waals surface area contributed by atoms with Crippen molar-refractivity contribution in [1.29, 1.82) is 5.26 Å². The first-order valence-electron chi connectivity index (χ1n) is 9.61. The summed E-state index contributed by atoms with van der Waals surface area (Å²) >= 11 is 1.05. The van der Waals surface area contributed by atoms with E-state index in [9.17, 15) is 13.2 Å². The van der Waals surface area contributed by atoms with Gasteiger partial charge in [0.05, 0.1) is 22.3 Å². The van der Waals surface area contributed by atoms with Gasteiger partial charge in [0.25, 0.3) is 0 Å². The molecule has 158 valence electrons. The third-order valence-corrected chi connectivity index (χ3v) is 7.49. The van der Waals surface area contributed by atoms with Crippen molar-refractivity contribution in [3.63, 3.8) is 0 Å². The van der Waals surface area contributed by atoms with Crippen LogP contribution in [0.2, 0.25) is 0 Å². The van der Waals surface area contributed by atoms with E-state index in [0.717, 1.165) is 17.3 Å². The highest BCUT2D eigenvalue weighted by atomic mass is 32.2. The highest BCUT2D eigenvalue weighted by molar-refractivity contribution is 8.00. The summed E-state index contributed by atoms with van der Waals surface area (Å²) in [6.07, 6.45) is 0. The Bertz CT molecular complexity index is 1410. The Hall–Kier alpha value is -3.67. The van der Waals surface area contributed by atoms with Crippen LogP contribution in [0.3, 0.4) is 0 Å². The summed E-state index contributed by atoms with van der Waals surface area (Å²) in [6, 6.07) is 25.7. The largest absolute Gasteiger partial charge is 0.328 e. The second kappa shape index (κ2) is 9.22. The number of hydrogen-bond donors (Lipinski definition) is 1. The number of rotatable bonds is 7. The second-order valence-electron chi connectivity index (χ2n) is 6.81. The number of imidazole rings is 1. The average molecular weight is 460 g/mol. The summed E-state index contributed by atoms with van der Waals surface area (Å²) in [6.45, 7) is 0. The number of aromatic nitrogens is 2. The summed E-state index contributed by atoms with van der Waals surface area (Å²) in [5.41, 5.74) is 1.51. The van der Waals surface area contributed by atoms with Crippen LogP contribution >= 0.6 is 11.8 Å². The maximum atomic E-state index is 13.3. The number of Topliss-reactive ketones (excluding diaryl/α,β-unsaturated/α-hetero) is 1. The number of aromatic amines is 1. The number of ketones is 1. The van der Waals surface area contributed by atoms with E-state index in [-0.39, 0.29) is 26.5 Å². The normalized spacial score (nSPS) is 11.1. The quantitative estimate of drug-likeness (QED) is 0.316. The highest BCUT2D eigenvalue weighted by Gasteiger charge is 2.26.